The minimum atomic E-state index is 0.174. The molecule has 0 aliphatic heterocycles. The molecule has 0 radical (unpaired) electrons. The van der Waals surface area contributed by atoms with Gasteiger partial charge in [-0.2, -0.15) is 0 Å². The molecule has 2 heteroatoms. The Morgan fingerprint density at radius 3 is 2.33 bits per heavy atom. The van der Waals surface area contributed by atoms with E-state index in [1.165, 1.54) is 17.3 Å². The number of rotatable bonds is 4. The lowest BCUT2D eigenvalue weighted by atomic mass is 9.98. The van der Waals surface area contributed by atoms with Gasteiger partial charge in [0.25, 0.3) is 0 Å². The minimum absolute atomic E-state index is 0.174. The molecule has 0 N–H and O–H groups in total. The van der Waals surface area contributed by atoms with Gasteiger partial charge in [0.1, 0.15) is 0 Å². The summed E-state index contributed by atoms with van der Waals surface area (Å²) in [6.07, 6.45) is 1.14. The lowest BCUT2D eigenvalue weighted by molar-refractivity contribution is 0.108. The van der Waals surface area contributed by atoms with Gasteiger partial charge in [0.05, 0.1) is 0 Å². The van der Waals surface area contributed by atoms with Crippen LogP contribution in [0.3, 0.4) is 0 Å². The van der Waals surface area contributed by atoms with Crippen LogP contribution in [0.15, 0.2) is 24.3 Å². The van der Waals surface area contributed by atoms with Gasteiger partial charge in [0, 0.05) is 5.56 Å². The molecule has 1 aromatic rings. The highest BCUT2D eigenvalue weighted by Gasteiger charge is 2.06. The maximum Gasteiger partial charge on any atom is 0.219 e. The predicted molar refractivity (Wildman–Crippen MR) is 67.6 cm³/mol. The summed E-state index contributed by atoms with van der Waals surface area (Å²) in [6, 6.07) is 8.01. The smallest absolute Gasteiger partial charge is 0.219 e. The van der Waals surface area contributed by atoms with Crippen LogP contribution < -0.4 is 0 Å². The van der Waals surface area contributed by atoms with Crippen molar-refractivity contribution in [3.8, 4) is 0 Å². The van der Waals surface area contributed by atoms with Gasteiger partial charge >= 0.3 is 0 Å². The van der Waals surface area contributed by atoms with Crippen LogP contribution in [0.2, 0.25) is 0 Å². The minimum Gasteiger partial charge on any atom is -0.282 e. The van der Waals surface area contributed by atoms with Gasteiger partial charge in [0.2, 0.25) is 5.12 Å². The molecule has 0 saturated heterocycles. The first-order valence-corrected chi connectivity index (χ1v) is 6.44. The highest BCUT2D eigenvalue weighted by molar-refractivity contribution is 8.14. The van der Waals surface area contributed by atoms with E-state index in [2.05, 4.69) is 26.0 Å². The number of hydrogen-bond acceptors (Lipinski definition) is 2. The topological polar surface area (TPSA) is 17.1 Å². The van der Waals surface area contributed by atoms with Crippen molar-refractivity contribution in [3.63, 3.8) is 0 Å². The Morgan fingerprint density at radius 1 is 1.27 bits per heavy atom. The Kier molecular flexibility index (Phi) is 4.89. The fraction of sp³-hybridized carbons (Fsp3) is 0.462. The van der Waals surface area contributed by atoms with E-state index < -0.39 is 0 Å². The molecule has 0 aliphatic carbocycles. The summed E-state index contributed by atoms with van der Waals surface area (Å²) < 4.78 is 0. The van der Waals surface area contributed by atoms with E-state index in [4.69, 9.17) is 0 Å². The monoisotopic (exact) mass is 222 g/mol. The first-order valence-electron chi connectivity index (χ1n) is 5.46. The highest BCUT2D eigenvalue weighted by Crippen LogP contribution is 2.20. The normalized spacial score (nSPS) is 12.5. The fourth-order valence-corrected chi connectivity index (χ4v) is 1.96. The SMILES string of the molecule is CCSC(=O)c1ccc(C(C)CC)cc1. The van der Waals surface area contributed by atoms with Gasteiger partial charge < -0.3 is 0 Å². The van der Waals surface area contributed by atoms with Crippen LogP contribution in [-0.4, -0.2) is 10.9 Å². The molecule has 1 rings (SSSR count). The quantitative estimate of drug-likeness (QED) is 0.763. The number of carbonyl (C=O) groups is 1. The average Bonchev–Trinajstić information content (AvgIpc) is 2.28. The number of benzene rings is 1. The van der Waals surface area contributed by atoms with Gasteiger partial charge in [-0.05, 0) is 23.7 Å². The molecule has 0 spiro atoms. The standard InChI is InChI=1S/C13H18OS/c1-4-10(3)11-6-8-12(9-7-11)13(14)15-5-2/h6-10H,4-5H2,1-3H3. The Hall–Kier alpha value is -0.760. The third-order valence-corrected chi connectivity index (χ3v) is 3.39. The Balaban J connectivity index is 2.76. The van der Waals surface area contributed by atoms with Crippen LogP contribution in [0.1, 0.15) is 49.0 Å². The molecule has 82 valence electrons. The number of carbonyl (C=O) groups excluding carboxylic acids is 1. The average molecular weight is 222 g/mol. The third-order valence-electron chi connectivity index (χ3n) is 2.60. The summed E-state index contributed by atoms with van der Waals surface area (Å²) in [5.74, 6) is 1.42. The van der Waals surface area contributed by atoms with Crippen molar-refractivity contribution >= 4 is 16.9 Å². The summed E-state index contributed by atoms with van der Waals surface area (Å²) in [5, 5.41) is 0.174. The van der Waals surface area contributed by atoms with Crippen molar-refractivity contribution in [2.45, 2.75) is 33.1 Å². The molecule has 1 aromatic carbocycles. The zero-order valence-corrected chi connectivity index (χ0v) is 10.4. The van der Waals surface area contributed by atoms with Crippen LogP contribution in [-0.2, 0) is 0 Å². The predicted octanol–water partition coefficient (Wildman–Crippen LogP) is 4.09. The van der Waals surface area contributed by atoms with Crippen LogP contribution >= 0.6 is 11.8 Å². The molecule has 0 heterocycles. The molecule has 15 heavy (non-hydrogen) atoms. The molecule has 1 atom stereocenters. The molecule has 0 amide bonds. The summed E-state index contributed by atoms with van der Waals surface area (Å²) in [4.78, 5) is 11.6. The van der Waals surface area contributed by atoms with Gasteiger partial charge in [-0.1, -0.05) is 56.8 Å². The lowest BCUT2D eigenvalue weighted by Crippen LogP contribution is -1.96. The van der Waals surface area contributed by atoms with Gasteiger partial charge in [-0.3, -0.25) is 4.79 Å². The van der Waals surface area contributed by atoms with Crippen molar-refractivity contribution in [1.82, 2.24) is 0 Å². The van der Waals surface area contributed by atoms with Gasteiger partial charge in [0.15, 0.2) is 0 Å². The molecule has 0 bridgehead atoms. The van der Waals surface area contributed by atoms with Crippen LogP contribution in [0.4, 0.5) is 0 Å². The molecule has 0 fully saturated rings. The zero-order chi connectivity index (χ0) is 11.3. The number of hydrogen-bond donors (Lipinski definition) is 0. The lowest BCUT2D eigenvalue weighted by Gasteiger charge is -2.08. The van der Waals surface area contributed by atoms with Crippen molar-refractivity contribution in [2.24, 2.45) is 0 Å². The molecule has 1 nitrogen and oxygen atoms in total. The van der Waals surface area contributed by atoms with Crippen molar-refractivity contribution < 1.29 is 4.79 Å². The number of thioether (sulfide) groups is 1. The summed E-state index contributed by atoms with van der Waals surface area (Å²) in [5.41, 5.74) is 2.13. The second-order valence-corrected chi connectivity index (χ2v) is 4.89. The van der Waals surface area contributed by atoms with Crippen molar-refractivity contribution in [1.29, 1.82) is 0 Å². The maximum absolute atomic E-state index is 11.6. The van der Waals surface area contributed by atoms with E-state index in [1.807, 2.05) is 19.1 Å². The Bertz CT molecular complexity index is 316. The second kappa shape index (κ2) is 5.96. The summed E-state index contributed by atoms with van der Waals surface area (Å²) in [6.45, 7) is 6.38. The highest BCUT2D eigenvalue weighted by atomic mass is 32.2. The second-order valence-electron chi connectivity index (χ2n) is 3.65. The molecule has 0 aliphatic rings. The van der Waals surface area contributed by atoms with E-state index in [-0.39, 0.29) is 5.12 Å². The van der Waals surface area contributed by atoms with Gasteiger partial charge in [-0.25, -0.2) is 0 Å². The molecule has 0 aromatic heterocycles. The fourth-order valence-electron chi connectivity index (χ4n) is 1.40. The summed E-state index contributed by atoms with van der Waals surface area (Å²) >= 11 is 1.37. The molecular weight excluding hydrogens is 204 g/mol. The molecule has 1 unspecified atom stereocenters. The molecule has 0 saturated carbocycles. The van der Waals surface area contributed by atoms with Crippen molar-refractivity contribution in [3.05, 3.63) is 35.4 Å². The van der Waals surface area contributed by atoms with Gasteiger partial charge in [-0.15, -0.1) is 0 Å². The third kappa shape index (κ3) is 3.38. The van der Waals surface area contributed by atoms with E-state index in [1.54, 1.807) is 0 Å². The van der Waals surface area contributed by atoms with E-state index >= 15 is 0 Å². The van der Waals surface area contributed by atoms with Crippen LogP contribution in [0.25, 0.3) is 0 Å². The largest absolute Gasteiger partial charge is 0.282 e. The first kappa shape index (κ1) is 12.3. The molecular formula is C13H18OS. The Morgan fingerprint density at radius 2 is 1.87 bits per heavy atom. The van der Waals surface area contributed by atoms with E-state index in [0.717, 1.165) is 17.7 Å². The Labute approximate surface area is 96.3 Å². The zero-order valence-electron chi connectivity index (χ0n) is 9.62. The maximum atomic E-state index is 11.6. The van der Waals surface area contributed by atoms with E-state index in [9.17, 15) is 4.79 Å². The summed E-state index contributed by atoms with van der Waals surface area (Å²) in [7, 11) is 0. The first-order chi connectivity index (χ1) is 7.19. The van der Waals surface area contributed by atoms with E-state index in [0.29, 0.717) is 5.92 Å². The van der Waals surface area contributed by atoms with Crippen LogP contribution in [0.5, 0.6) is 0 Å². The van der Waals surface area contributed by atoms with Crippen LogP contribution in [0, 0.1) is 0 Å². The van der Waals surface area contributed by atoms with Crippen molar-refractivity contribution in [2.75, 3.05) is 5.75 Å².